The fourth-order valence-corrected chi connectivity index (χ4v) is 1.38. The highest BCUT2D eigenvalue weighted by Crippen LogP contribution is 2.36. The molecule has 0 aliphatic rings. The van der Waals surface area contributed by atoms with E-state index in [1.165, 1.54) is 0 Å². The highest BCUT2D eigenvalue weighted by Gasteiger charge is 2.10. The van der Waals surface area contributed by atoms with E-state index in [4.69, 9.17) is 10.3 Å². The van der Waals surface area contributed by atoms with Crippen molar-refractivity contribution in [2.45, 2.75) is 0 Å². The molecule has 0 aliphatic carbocycles. The number of aromatic hydroxyl groups is 1. The molecule has 1 aromatic carbocycles. The van der Waals surface area contributed by atoms with Gasteiger partial charge >= 0.3 is 0 Å². The molecule has 0 saturated carbocycles. The molecule has 3 N–H and O–H groups in total. The van der Waals surface area contributed by atoms with Crippen LogP contribution in [0.4, 0.5) is 5.69 Å². The average Bonchev–Trinajstić information content (AvgIpc) is 2.52. The van der Waals surface area contributed by atoms with Crippen LogP contribution in [0.15, 0.2) is 23.3 Å². The van der Waals surface area contributed by atoms with Crippen LogP contribution in [0.1, 0.15) is 0 Å². The Hall–Kier alpha value is -2.04. The van der Waals surface area contributed by atoms with E-state index in [2.05, 4.69) is 10.1 Å². The van der Waals surface area contributed by atoms with E-state index < -0.39 is 0 Å². The van der Waals surface area contributed by atoms with E-state index in [9.17, 15) is 5.11 Å². The first-order valence-electron chi connectivity index (χ1n) is 4.02. The van der Waals surface area contributed by atoms with Crippen LogP contribution < -0.4 is 4.74 Å². The zero-order valence-corrected chi connectivity index (χ0v) is 7.53. The lowest BCUT2D eigenvalue weighted by atomic mass is 10.2. The van der Waals surface area contributed by atoms with E-state index in [-0.39, 0.29) is 11.6 Å². The minimum absolute atomic E-state index is 0.0942. The third kappa shape index (κ3) is 1.10. The summed E-state index contributed by atoms with van der Waals surface area (Å²) in [5.41, 5.74) is 7.88. The van der Waals surface area contributed by atoms with Crippen molar-refractivity contribution in [2.75, 3.05) is 7.11 Å². The number of hydrogen-bond acceptors (Lipinski definition) is 4. The largest absolute Gasteiger partial charge is 0.497 e. The number of nitrogens with zero attached hydrogens (tertiary/aromatic N) is 1. The highest BCUT2D eigenvalue weighted by atomic mass is 16.5. The van der Waals surface area contributed by atoms with Crippen LogP contribution in [-0.2, 0) is 0 Å². The molecule has 0 spiro atoms. The van der Waals surface area contributed by atoms with Gasteiger partial charge in [0.1, 0.15) is 5.75 Å². The first-order valence-corrected chi connectivity index (χ1v) is 4.02. The summed E-state index contributed by atoms with van der Waals surface area (Å²) in [6.07, 6.45) is 0. The van der Waals surface area contributed by atoms with Crippen LogP contribution in [0.2, 0.25) is 0 Å². The first kappa shape index (κ1) is 8.55. The summed E-state index contributed by atoms with van der Waals surface area (Å²) >= 11 is 0. The number of fused-ring (bicyclic) bond motifs is 1. The quantitative estimate of drug-likeness (QED) is 0.637. The lowest BCUT2D eigenvalue weighted by molar-refractivity contribution is 0.415. The molecule has 0 unspecified atom stereocenters. The van der Waals surface area contributed by atoms with Crippen molar-refractivity contribution in [3.63, 3.8) is 0 Å². The summed E-state index contributed by atoms with van der Waals surface area (Å²) in [7, 11) is 1.56. The molecule has 2 rings (SSSR count). The predicted octanol–water partition coefficient (Wildman–Crippen LogP) is 2.54. The second-order valence-electron chi connectivity index (χ2n) is 2.85. The van der Waals surface area contributed by atoms with Gasteiger partial charge in [0.15, 0.2) is 5.69 Å². The van der Waals surface area contributed by atoms with Crippen LogP contribution in [0.5, 0.6) is 11.6 Å². The molecule has 5 nitrogen and oxygen atoms in total. The molecule has 0 amide bonds. The molecule has 0 radical (unpaired) electrons. The number of aromatic nitrogens is 1. The fourth-order valence-electron chi connectivity index (χ4n) is 1.38. The number of benzene rings is 1. The van der Waals surface area contributed by atoms with Crippen molar-refractivity contribution in [1.82, 2.24) is 4.98 Å². The van der Waals surface area contributed by atoms with Gasteiger partial charge in [0.25, 0.3) is 0 Å². The summed E-state index contributed by atoms with van der Waals surface area (Å²) in [4.78, 5) is 2.72. The van der Waals surface area contributed by atoms with Crippen LogP contribution >= 0.6 is 0 Å². The second kappa shape index (κ2) is 3.02. The van der Waals surface area contributed by atoms with Crippen molar-refractivity contribution in [1.29, 1.82) is 5.53 Å². The predicted molar refractivity (Wildman–Crippen MR) is 51.3 cm³/mol. The molecule has 14 heavy (non-hydrogen) atoms. The van der Waals surface area contributed by atoms with Gasteiger partial charge in [-0.1, -0.05) is 0 Å². The molecule has 72 valence electrons. The molecule has 0 saturated heterocycles. The summed E-state index contributed by atoms with van der Waals surface area (Å²) in [6, 6.07) is 5.26. The molecule has 1 aromatic heterocycles. The number of ether oxygens (including phenoxy) is 1. The van der Waals surface area contributed by atoms with E-state index in [1.54, 1.807) is 25.3 Å². The van der Waals surface area contributed by atoms with Crippen LogP contribution in [-0.4, -0.2) is 17.2 Å². The van der Waals surface area contributed by atoms with Gasteiger partial charge in [0.05, 0.1) is 12.6 Å². The van der Waals surface area contributed by atoms with Gasteiger partial charge in [-0.15, -0.1) is 0 Å². The third-order valence-electron chi connectivity index (χ3n) is 2.07. The highest BCUT2D eigenvalue weighted by molar-refractivity contribution is 5.94. The van der Waals surface area contributed by atoms with Crippen LogP contribution in [0.25, 0.3) is 10.9 Å². The van der Waals surface area contributed by atoms with E-state index in [0.717, 1.165) is 5.52 Å². The van der Waals surface area contributed by atoms with Gasteiger partial charge < -0.3 is 14.8 Å². The molecule has 0 atom stereocenters. The minimum Gasteiger partial charge on any atom is -0.497 e. The number of hydrogen-bond donors (Lipinski definition) is 3. The Morgan fingerprint density at radius 2 is 2.29 bits per heavy atom. The standard InChI is InChI=1S/C9H9N3O2/c1-14-5-2-3-7-6(4-5)8(12-10)9(13)11-7/h2-4,10-11,13H,1H3. The summed E-state index contributed by atoms with van der Waals surface area (Å²) in [5.74, 6) is 0.574. The maximum Gasteiger partial charge on any atom is 0.218 e. The monoisotopic (exact) mass is 191 g/mol. The van der Waals surface area contributed by atoms with Crippen molar-refractivity contribution < 1.29 is 9.84 Å². The number of nitrogens with one attached hydrogen (secondary N) is 2. The molecule has 0 bridgehead atoms. The molecular formula is C9H9N3O2. The number of methoxy groups -OCH3 is 1. The number of aromatic amines is 1. The Bertz CT molecular complexity index is 490. The molecule has 1 heterocycles. The molecular weight excluding hydrogens is 182 g/mol. The van der Waals surface area contributed by atoms with Gasteiger partial charge in [0.2, 0.25) is 5.88 Å². The van der Waals surface area contributed by atoms with Gasteiger partial charge in [-0.25, -0.2) is 5.53 Å². The Morgan fingerprint density at radius 3 is 2.93 bits per heavy atom. The lowest BCUT2D eigenvalue weighted by Crippen LogP contribution is -1.80. The third-order valence-corrected chi connectivity index (χ3v) is 2.07. The van der Waals surface area contributed by atoms with Crippen molar-refractivity contribution >= 4 is 16.6 Å². The van der Waals surface area contributed by atoms with Gasteiger partial charge in [0, 0.05) is 5.39 Å². The Morgan fingerprint density at radius 1 is 1.50 bits per heavy atom. The minimum atomic E-state index is -0.0942. The van der Waals surface area contributed by atoms with Crippen molar-refractivity contribution in [3.05, 3.63) is 18.2 Å². The maximum atomic E-state index is 9.39. The van der Waals surface area contributed by atoms with Gasteiger partial charge in [-0.05, 0) is 18.2 Å². The van der Waals surface area contributed by atoms with E-state index in [0.29, 0.717) is 11.1 Å². The zero-order chi connectivity index (χ0) is 10.1. The lowest BCUT2D eigenvalue weighted by Gasteiger charge is -1.98. The first-order chi connectivity index (χ1) is 6.76. The molecule has 0 fully saturated rings. The van der Waals surface area contributed by atoms with E-state index >= 15 is 0 Å². The van der Waals surface area contributed by atoms with Gasteiger partial charge in [-0.2, -0.15) is 5.11 Å². The summed E-state index contributed by atoms with van der Waals surface area (Å²) < 4.78 is 5.03. The molecule has 0 aliphatic heterocycles. The van der Waals surface area contributed by atoms with Gasteiger partial charge in [-0.3, -0.25) is 0 Å². The van der Waals surface area contributed by atoms with E-state index in [1.807, 2.05) is 0 Å². The Labute approximate surface area is 79.8 Å². The molecule has 5 heteroatoms. The SMILES string of the molecule is COc1ccc2[nH]c(O)c(N=N)c2c1. The van der Waals surface area contributed by atoms with Crippen LogP contribution in [0.3, 0.4) is 0 Å². The summed E-state index contributed by atoms with van der Waals surface area (Å²) in [5, 5.41) is 13.3. The maximum absolute atomic E-state index is 9.39. The van der Waals surface area contributed by atoms with Crippen molar-refractivity contribution in [3.8, 4) is 11.6 Å². The topological polar surface area (TPSA) is 81.5 Å². The Kier molecular flexibility index (Phi) is 1.85. The second-order valence-corrected chi connectivity index (χ2v) is 2.85. The Balaban J connectivity index is 2.77. The zero-order valence-electron chi connectivity index (χ0n) is 7.53. The smallest absolute Gasteiger partial charge is 0.218 e. The fraction of sp³-hybridized carbons (Fsp3) is 0.111. The van der Waals surface area contributed by atoms with Crippen LogP contribution in [0, 0.1) is 5.53 Å². The van der Waals surface area contributed by atoms with Crippen molar-refractivity contribution in [2.24, 2.45) is 5.11 Å². The number of rotatable bonds is 2. The summed E-state index contributed by atoms with van der Waals surface area (Å²) in [6.45, 7) is 0. The normalized spacial score (nSPS) is 10.4. The average molecular weight is 191 g/mol. The molecule has 2 aromatic rings. The number of H-pyrrole nitrogens is 1.